The van der Waals surface area contributed by atoms with Crippen molar-refractivity contribution in [2.75, 3.05) is 5.32 Å². The molecule has 0 saturated heterocycles. The van der Waals surface area contributed by atoms with Crippen LogP contribution in [0.25, 0.3) is 0 Å². The maximum Gasteiger partial charge on any atom is 0.276 e. The smallest absolute Gasteiger partial charge is 0.276 e. The molecule has 9 heteroatoms. The lowest BCUT2D eigenvalue weighted by Gasteiger charge is -2.08. The highest BCUT2D eigenvalue weighted by atomic mass is 79.9. The monoisotopic (exact) mass is 455 g/mol. The first-order valence-electron chi connectivity index (χ1n) is 7.33. The van der Waals surface area contributed by atoms with E-state index >= 15 is 0 Å². The van der Waals surface area contributed by atoms with Gasteiger partial charge in [0.05, 0.1) is 10.7 Å². The molecule has 0 atom stereocenters. The van der Waals surface area contributed by atoms with E-state index in [1.54, 1.807) is 24.4 Å². The fraction of sp³-hybridized carbons (Fsp3) is 0.0588. The van der Waals surface area contributed by atoms with Crippen LogP contribution in [0.2, 0.25) is 10.0 Å². The molecule has 0 spiro atoms. The van der Waals surface area contributed by atoms with E-state index in [1.165, 1.54) is 28.9 Å². The first kappa shape index (κ1) is 18.6. The number of carbonyl (C=O) groups is 1. The molecule has 0 saturated carbocycles. The molecule has 0 aliphatic heterocycles. The quantitative estimate of drug-likeness (QED) is 0.532. The Kier molecular flexibility index (Phi) is 5.70. The van der Waals surface area contributed by atoms with Gasteiger partial charge in [-0.2, -0.15) is 5.10 Å². The Balaban J connectivity index is 1.65. The predicted octanol–water partition coefficient (Wildman–Crippen LogP) is 4.95. The third kappa shape index (κ3) is 4.49. The van der Waals surface area contributed by atoms with E-state index in [9.17, 15) is 9.90 Å². The largest absolute Gasteiger partial charge is 0.506 e. The molecular weight excluding hydrogens is 445 g/mol. The number of ether oxygens (including phenoxy) is 1. The second kappa shape index (κ2) is 7.99. The summed E-state index contributed by atoms with van der Waals surface area (Å²) < 4.78 is 7.88. The van der Waals surface area contributed by atoms with Crippen molar-refractivity contribution in [2.45, 2.75) is 6.73 Å². The van der Waals surface area contributed by atoms with Gasteiger partial charge in [0, 0.05) is 15.7 Å². The van der Waals surface area contributed by atoms with Gasteiger partial charge in [-0.25, -0.2) is 4.68 Å². The normalized spacial score (nSPS) is 10.6. The SMILES string of the molecule is O=C(Nc1cc(Cl)ccc1O)c1ccn(COc2ccc(Br)cc2Cl)n1. The van der Waals surface area contributed by atoms with Crippen LogP contribution in [0.15, 0.2) is 53.1 Å². The van der Waals surface area contributed by atoms with Gasteiger partial charge in [0.25, 0.3) is 5.91 Å². The number of phenols is 1. The number of benzene rings is 2. The van der Waals surface area contributed by atoms with Crippen LogP contribution in [0, 0.1) is 0 Å². The Bertz CT molecular complexity index is 962. The Morgan fingerprint density at radius 1 is 1.23 bits per heavy atom. The number of carbonyl (C=O) groups excluding carboxylic acids is 1. The second-order valence-electron chi connectivity index (χ2n) is 5.20. The molecule has 0 aliphatic carbocycles. The van der Waals surface area contributed by atoms with E-state index < -0.39 is 5.91 Å². The summed E-state index contributed by atoms with van der Waals surface area (Å²) in [6, 6.07) is 11.1. The molecule has 3 rings (SSSR count). The number of amides is 1. The topological polar surface area (TPSA) is 76.4 Å². The van der Waals surface area contributed by atoms with Crippen LogP contribution in [0.3, 0.4) is 0 Å². The fourth-order valence-electron chi connectivity index (χ4n) is 2.08. The third-order valence-corrected chi connectivity index (χ3v) is 4.35. The average Bonchev–Trinajstić information content (AvgIpc) is 3.06. The highest BCUT2D eigenvalue weighted by molar-refractivity contribution is 9.10. The number of halogens is 3. The van der Waals surface area contributed by atoms with Gasteiger partial charge in [0.15, 0.2) is 12.4 Å². The van der Waals surface area contributed by atoms with E-state index in [0.717, 1.165) is 4.47 Å². The van der Waals surface area contributed by atoms with Crippen molar-refractivity contribution in [3.63, 3.8) is 0 Å². The van der Waals surface area contributed by atoms with Crippen LogP contribution in [0.5, 0.6) is 11.5 Å². The van der Waals surface area contributed by atoms with Crippen LogP contribution >= 0.6 is 39.1 Å². The second-order valence-corrected chi connectivity index (χ2v) is 6.96. The van der Waals surface area contributed by atoms with Gasteiger partial charge in [0.2, 0.25) is 0 Å². The van der Waals surface area contributed by atoms with Crippen LogP contribution in [-0.2, 0) is 6.73 Å². The van der Waals surface area contributed by atoms with Gasteiger partial charge in [0.1, 0.15) is 11.5 Å². The van der Waals surface area contributed by atoms with Crippen molar-refractivity contribution in [3.8, 4) is 11.5 Å². The number of nitrogens with zero attached hydrogens (tertiary/aromatic N) is 2. The highest BCUT2D eigenvalue weighted by Gasteiger charge is 2.13. The average molecular weight is 457 g/mol. The number of aromatic nitrogens is 2. The summed E-state index contributed by atoms with van der Waals surface area (Å²) in [6.45, 7) is 0.0804. The van der Waals surface area contributed by atoms with Crippen molar-refractivity contribution < 1.29 is 14.6 Å². The minimum atomic E-state index is -0.483. The molecule has 0 bridgehead atoms. The number of aromatic hydroxyl groups is 1. The van der Waals surface area contributed by atoms with Crippen molar-refractivity contribution in [2.24, 2.45) is 0 Å². The highest BCUT2D eigenvalue weighted by Crippen LogP contribution is 2.28. The maximum absolute atomic E-state index is 12.2. The van der Waals surface area contributed by atoms with Gasteiger partial charge in [-0.3, -0.25) is 4.79 Å². The van der Waals surface area contributed by atoms with E-state index in [-0.39, 0.29) is 23.9 Å². The Morgan fingerprint density at radius 2 is 2.04 bits per heavy atom. The predicted molar refractivity (Wildman–Crippen MR) is 103 cm³/mol. The Labute approximate surface area is 167 Å². The van der Waals surface area contributed by atoms with Crippen LogP contribution in [0.1, 0.15) is 10.5 Å². The molecule has 0 aliphatic rings. The maximum atomic E-state index is 12.2. The summed E-state index contributed by atoms with van der Waals surface area (Å²) in [6.07, 6.45) is 1.60. The summed E-state index contributed by atoms with van der Waals surface area (Å²) in [4.78, 5) is 12.2. The number of rotatable bonds is 5. The first-order chi connectivity index (χ1) is 12.4. The number of anilines is 1. The van der Waals surface area contributed by atoms with Gasteiger partial charge in [-0.15, -0.1) is 0 Å². The van der Waals surface area contributed by atoms with Crippen molar-refractivity contribution in [3.05, 3.63) is 68.9 Å². The molecule has 2 N–H and O–H groups in total. The molecule has 1 amide bonds. The lowest BCUT2D eigenvalue weighted by atomic mass is 10.3. The zero-order chi connectivity index (χ0) is 18.7. The van der Waals surface area contributed by atoms with Crippen LogP contribution in [0.4, 0.5) is 5.69 Å². The summed E-state index contributed by atoms with van der Waals surface area (Å²) in [7, 11) is 0. The van der Waals surface area contributed by atoms with Gasteiger partial charge in [-0.05, 0) is 42.5 Å². The molecule has 1 heterocycles. The first-order valence-corrected chi connectivity index (χ1v) is 8.88. The molecule has 0 fully saturated rings. The molecule has 2 aromatic carbocycles. The summed E-state index contributed by atoms with van der Waals surface area (Å²) in [5.74, 6) is -0.0707. The molecule has 26 heavy (non-hydrogen) atoms. The third-order valence-electron chi connectivity index (χ3n) is 3.33. The molecule has 0 unspecified atom stereocenters. The van der Waals surface area contributed by atoms with E-state index in [2.05, 4.69) is 26.3 Å². The summed E-state index contributed by atoms with van der Waals surface area (Å²) >= 11 is 15.3. The Morgan fingerprint density at radius 3 is 2.81 bits per heavy atom. The van der Waals surface area contributed by atoms with Gasteiger partial charge in [-0.1, -0.05) is 39.1 Å². The van der Waals surface area contributed by atoms with E-state index in [4.69, 9.17) is 27.9 Å². The lowest BCUT2D eigenvalue weighted by molar-refractivity contribution is 0.102. The number of hydrogen-bond donors (Lipinski definition) is 2. The van der Waals surface area contributed by atoms with E-state index in [0.29, 0.717) is 15.8 Å². The van der Waals surface area contributed by atoms with Gasteiger partial charge < -0.3 is 15.2 Å². The van der Waals surface area contributed by atoms with Gasteiger partial charge >= 0.3 is 0 Å². The number of phenolic OH excluding ortho intramolecular Hbond substituents is 1. The molecule has 6 nitrogen and oxygen atoms in total. The van der Waals surface area contributed by atoms with Crippen molar-refractivity contribution >= 4 is 50.7 Å². The molecule has 134 valence electrons. The van der Waals surface area contributed by atoms with Crippen LogP contribution in [-0.4, -0.2) is 20.8 Å². The summed E-state index contributed by atoms with van der Waals surface area (Å²) in [5, 5.41) is 17.3. The molecule has 0 radical (unpaired) electrons. The molecule has 3 aromatic rings. The zero-order valence-electron chi connectivity index (χ0n) is 13.1. The van der Waals surface area contributed by atoms with Crippen molar-refractivity contribution in [1.82, 2.24) is 9.78 Å². The molecule has 1 aromatic heterocycles. The standard InChI is InChI=1S/C17H12BrCl2N3O3/c18-10-1-4-16(12(20)7-10)26-9-23-6-5-13(22-23)17(25)21-14-8-11(19)2-3-15(14)24/h1-8,24H,9H2,(H,21,25). The summed E-state index contributed by atoms with van der Waals surface area (Å²) in [5.41, 5.74) is 0.366. The van der Waals surface area contributed by atoms with E-state index in [1.807, 2.05) is 0 Å². The Hall–Kier alpha value is -2.22. The van der Waals surface area contributed by atoms with Crippen LogP contribution < -0.4 is 10.1 Å². The minimum Gasteiger partial charge on any atom is -0.506 e. The zero-order valence-corrected chi connectivity index (χ0v) is 16.2. The lowest BCUT2D eigenvalue weighted by Crippen LogP contribution is -2.14. The number of nitrogens with one attached hydrogen (secondary N) is 1. The van der Waals surface area contributed by atoms with Crippen molar-refractivity contribution in [1.29, 1.82) is 0 Å². The fourth-order valence-corrected chi connectivity index (χ4v) is 2.98. The number of hydrogen-bond acceptors (Lipinski definition) is 4. The molecular formula is C17H12BrCl2N3O3. The minimum absolute atomic E-state index is 0.0804.